The number of rotatable bonds is 6. The first-order chi connectivity index (χ1) is 14.7. The summed E-state index contributed by atoms with van der Waals surface area (Å²) in [5, 5.41) is 21.5. The summed E-state index contributed by atoms with van der Waals surface area (Å²) in [6.07, 6.45) is 8.31. The van der Waals surface area contributed by atoms with Crippen molar-refractivity contribution in [3.05, 3.63) is 82.7 Å². The van der Waals surface area contributed by atoms with Gasteiger partial charge in [0.05, 0.1) is 6.54 Å². The van der Waals surface area contributed by atoms with Crippen molar-refractivity contribution in [1.82, 2.24) is 20.4 Å². The molecule has 0 spiro atoms. The highest BCUT2D eigenvalue weighted by Crippen LogP contribution is 2.30. The monoisotopic (exact) mass is 403 g/mol. The molecule has 0 saturated carbocycles. The molecular weight excluding hydrogens is 374 g/mol. The van der Waals surface area contributed by atoms with E-state index in [-0.39, 0.29) is 0 Å². The Morgan fingerprint density at radius 2 is 1.83 bits per heavy atom. The number of hydrogen-bond acceptors (Lipinski definition) is 3. The lowest BCUT2D eigenvalue weighted by molar-refractivity contribution is 0.464. The van der Waals surface area contributed by atoms with Gasteiger partial charge in [-0.1, -0.05) is 30.3 Å². The van der Waals surface area contributed by atoms with Crippen LogP contribution in [0.4, 0.5) is 0 Å². The lowest BCUT2D eigenvalue weighted by atomic mass is 9.88. The number of phenols is 1. The molecule has 3 aromatic rings. The number of nitrogens with one attached hydrogen (secondary N) is 2. The molecule has 0 unspecified atom stereocenters. The van der Waals surface area contributed by atoms with Gasteiger partial charge in [-0.25, -0.2) is 0 Å². The number of aromatic hydroxyl groups is 1. The highest BCUT2D eigenvalue weighted by Gasteiger charge is 2.16. The molecule has 0 amide bonds. The summed E-state index contributed by atoms with van der Waals surface area (Å²) < 4.78 is 1.92. The summed E-state index contributed by atoms with van der Waals surface area (Å²) in [5.74, 6) is 1.08. The molecule has 4 rings (SSSR count). The van der Waals surface area contributed by atoms with E-state index in [4.69, 9.17) is 0 Å². The fraction of sp³-hybridized carbons (Fsp3) is 0.333. The van der Waals surface area contributed by atoms with Crippen LogP contribution in [0.15, 0.2) is 59.9 Å². The molecule has 1 aromatic heterocycles. The van der Waals surface area contributed by atoms with E-state index in [1.807, 2.05) is 29.1 Å². The third-order valence-corrected chi connectivity index (χ3v) is 5.74. The van der Waals surface area contributed by atoms with Crippen LogP contribution in [-0.4, -0.2) is 27.9 Å². The molecule has 1 aliphatic carbocycles. The predicted molar refractivity (Wildman–Crippen MR) is 120 cm³/mol. The molecular formula is C24H29N5O. The Morgan fingerprint density at radius 1 is 1.03 bits per heavy atom. The van der Waals surface area contributed by atoms with Gasteiger partial charge in [-0.15, -0.1) is 0 Å². The Balaban J connectivity index is 1.40. The summed E-state index contributed by atoms with van der Waals surface area (Å²) >= 11 is 0. The molecule has 1 heterocycles. The molecule has 1 aliphatic rings. The van der Waals surface area contributed by atoms with Crippen LogP contribution in [0.2, 0.25) is 0 Å². The van der Waals surface area contributed by atoms with Crippen LogP contribution in [0.25, 0.3) is 0 Å². The first kappa shape index (κ1) is 20.0. The van der Waals surface area contributed by atoms with Crippen molar-refractivity contribution in [3.63, 3.8) is 0 Å². The average molecular weight is 404 g/mol. The van der Waals surface area contributed by atoms with E-state index in [1.54, 1.807) is 13.2 Å². The van der Waals surface area contributed by atoms with Crippen molar-refractivity contribution in [2.45, 2.75) is 45.3 Å². The van der Waals surface area contributed by atoms with Gasteiger partial charge in [0.2, 0.25) is 0 Å². The van der Waals surface area contributed by atoms with E-state index in [9.17, 15) is 5.11 Å². The van der Waals surface area contributed by atoms with Gasteiger partial charge in [0, 0.05) is 38.1 Å². The maximum atomic E-state index is 10.4. The molecule has 6 heteroatoms. The highest BCUT2D eigenvalue weighted by molar-refractivity contribution is 5.79. The minimum absolute atomic E-state index is 0.364. The molecule has 0 fully saturated rings. The van der Waals surface area contributed by atoms with Gasteiger partial charge in [0.15, 0.2) is 5.96 Å². The maximum absolute atomic E-state index is 10.4. The molecule has 0 aliphatic heterocycles. The van der Waals surface area contributed by atoms with Crippen LogP contribution >= 0.6 is 0 Å². The van der Waals surface area contributed by atoms with Gasteiger partial charge in [-0.3, -0.25) is 9.67 Å². The molecule has 0 radical (unpaired) electrons. The molecule has 156 valence electrons. The maximum Gasteiger partial charge on any atom is 0.191 e. The van der Waals surface area contributed by atoms with Crippen molar-refractivity contribution in [3.8, 4) is 5.75 Å². The number of fused-ring (bicyclic) bond motifs is 1. The average Bonchev–Trinajstić information content (AvgIpc) is 3.29. The Labute approximate surface area is 177 Å². The number of aliphatic imine (C=N–C) groups is 1. The summed E-state index contributed by atoms with van der Waals surface area (Å²) in [5.41, 5.74) is 6.09. The minimum atomic E-state index is 0.364. The third-order valence-electron chi connectivity index (χ3n) is 5.74. The Kier molecular flexibility index (Phi) is 6.32. The van der Waals surface area contributed by atoms with Gasteiger partial charge < -0.3 is 15.7 Å². The van der Waals surface area contributed by atoms with Crippen LogP contribution < -0.4 is 10.6 Å². The summed E-state index contributed by atoms with van der Waals surface area (Å²) in [6, 6.07) is 14.2. The quantitative estimate of drug-likeness (QED) is 0.436. The van der Waals surface area contributed by atoms with Crippen molar-refractivity contribution in [1.29, 1.82) is 0 Å². The molecule has 2 aromatic carbocycles. The summed E-state index contributed by atoms with van der Waals surface area (Å²) in [6.45, 7) is 1.96. The molecule has 6 nitrogen and oxygen atoms in total. The number of phenolic OH excluding ortho intramolecular Hbond substituents is 1. The van der Waals surface area contributed by atoms with E-state index < -0.39 is 0 Å². The van der Waals surface area contributed by atoms with E-state index >= 15 is 0 Å². The number of benzene rings is 2. The zero-order valence-electron chi connectivity index (χ0n) is 17.4. The fourth-order valence-electron chi connectivity index (χ4n) is 4.11. The highest BCUT2D eigenvalue weighted by atomic mass is 16.3. The van der Waals surface area contributed by atoms with Gasteiger partial charge in [0.25, 0.3) is 0 Å². The van der Waals surface area contributed by atoms with Crippen LogP contribution in [0.3, 0.4) is 0 Å². The van der Waals surface area contributed by atoms with Gasteiger partial charge >= 0.3 is 0 Å². The standard InChI is InChI=1S/C24H29N5O/c1-25-24(27-16-22-21-10-5-4-7-18(21)11-12-23(22)30)26-15-19-8-2-3-9-20(19)17-29-14-6-13-28-29/h2-3,6,8-9,11-14,30H,4-5,7,10,15-17H2,1H3,(H2,25,26,27). The normalized spacial score (nSPS) is 13.7. The van der Waals surface area contributed by atoms with Gasteiger partial charge in [0.1, 0.15) is 5.75 Å². The second-order valence-electron chi connectivity index (χ2n) is 7.66. The third kappa shape index (κ3) is 4.64. The topological polar surface area (TPSA) is 74.5 Å². The number of guanidine groups is 1. The second kappa shape index (κ2) is 9.48. The number of hydrogen-bond donors (Lipinski definition) is 3. The Morgan fingerprint density at radius 3 is 2.63 bits per heavy atom. The van der Waals surface area contributed by atoms with Crippen LogP contribution in [0.5, 0.6) is 5.75 Å². The number of aryl methyl sites for hydroxylation is 1. The minimum Gasteiger partial charge on any atom is -0.508 e. The molecule has 30 heavy (non-hydrogen) atoms. The van der Waals surface area contributed by atoms with Crippen molar-refractivity contribution in [2.75, 3.05) is 7.05 Å². The molecule has 0 saturated heterocycles. The molecule has 0 bridgehead atoms. The predicted octanol–water partition coefficient (Wildman–Crippen LogP) is 3.38. The van der Waals surface area contributed by atoms with Crippen molar-refractivity contribution >= 4 is 5.96 Å². The first-order valence-corrected chi connectivity index (χ1v) is 10.6. The molecule has 3 N–H and O–H groups in total. The zero-order chi connectivity index (χ0) is 20.8. The van der Waals surface area contributed by atoms with Gasteiger partial charge in [-0.2, -0.15) is 5.10 Å². The zero-order valence-corrected chi connectivity index (χ0v) is 17.4. The van der Waals surface area contributed by atoms with Crippen LogP contribution in [0.1, 0.15) is 40.7 Å². The second-order valence-corrected chi connectivity index (χ2v) is 7.66. The summed E-state index contributed by atoms with van der Waals surface area (Å²) in [4.78, 5) is 4.36. The number of nitrogens with zero attached hydrogens (tertiary/aromatic N) is 3. The van der Waals surface area contributed by atoms with Crippen LogP contribution in [-0.2, 0) is 32.5 Å². The van der Waals surface area contributed by atoms with Crippen molar-refractivity contribution in [2.24, 2.45) is 4.99 Å². The van der Waals surface area contributed by atoms with E-state index in [2.05, 4.69) is 45.0 Å². The summed E-state index contributed by atoms with van der Waals surface area (Å²) in [7, 11) is 1.77. The SMILES string of the molecule is CN=C(NCc1ccccc1Cn1cccn1)NCc1c(O)ccc2c1CCCC2. The largest absolute Gasteiger partial charge is 0.508 e. The lowest BCUT2D eigenvalue weighted by Crippen LogP contribution is -2.37. The Bertz CT molecular complexity index is 1010. The van der Waals surface area contributed by atoms with Gasteiger partial charge in [-0.05, 0) is 60.1 Å². The Hall–Kier alpha value is -3.28. The smallest absolute Gasteiger partial charge is 0.191 e. The van der Waals surface area contributed by atoms with E-state index in [0.717, 1.165) is 30.9 Å². The fourth-order valence-corrected chi connectivity index (χ4v) is 4.11. The van der Waals surface area contributed by atoms with Crippen molar-refractivity contribution < 1.29 is 5.11 Å². The first-order valence-electron chi connectivity index (χ1n) is 10.6. The molecule has 0 atom stereocenters. The number of aromatic nitrogens is 2. The lowest BCUT2D eigenvalue weighted by Gasteiger charge is -2.21. The van der Waals surface area contributed by atoms with Crippen LogP contribution in [0, 0.1) is 0 Å². The van der Waals surface area contributed by atoms with E-state index in [0.29, 0.717) is 18.8 Å². The van der Waals surface area contributed by atoms with E-state index in [1.165, 1.54) is 35.1 Å².